The number of pyridine rings is 1. The van der Waals surface area contributed by atoms with E-state index in [1.54, 1.807) is 19.1 Å². The molecule has 0 unspecified atom stereocenters. The molecule has 8 heteroatoms. The number of rotatable bonds is 4. The molecule has 0 saturated carbocycles. The topological polar surface area (TPSA) is 110 Å². The highest BCUT2D eigenvalue weighted by Gasteiger charge is 2.11. The number of hydrogen-bond acceptors (Lipinski definition) is 5. The van der Waals surface area contributed by atoms with Crippen molar-refractivity contribution in [2.24, 2.45) is 0 Å². The summed E-state index contributed by atoms with van der Waals surface area (Å²) in [5.41, 5.74) is 1.98. The largest absolute Gasteiger partial charge is 0.476 e. The molecule has 0 fully saturated rings. The van der Waals surface area contributed by atoms with E-state index in [2.05, 4.69) is 20.6 Å². The summed E-state index contributed by atoms with van der Waals surface area (Å²) in [6.45, 7) is 3.54. The average molecular weight is 275 g/mol. The van der Waals surface area contributed by atoms with Crippen molar-refractivity contribution in [3.05, 3.63) is 35.4 Å². The van der Waals surface area contributed by atoms with Gasteiger partial charge in [-0.2, -0.15) is 0 Å². The lowest BCUT2D eigenvalue weighted by molar-refractivity contribution is -0.116. The predicted octanol–water partition coefficient (Wildman–Crippen LogP) is 0.627. The quantitative estimate of drug-likeness (QED) is 0.846. The van der Waals surface area contributed by atoms with Gasteiger partial charge in [-0.05, 0) is 26.0 Å². The Morgan fingerprint density at radius 3 is 2.70 bits per heavy atom. The molecule has 0 radical (unpaired) electrons. The second-order valence-corrected chi connectivity index (χ2v) is 4.24. The molecule has 0 aliphatic rings. The smallest absolute Gasteiger partial charge is 0.358 e. The molecule has 0 atom stereocenters. The molecular weight excluding hydrogens is 262 g/mol. The number of aryl methyl sites for hydroxylation is 2. The first-order valence-electron chi connectivity index (χ1n) is 5.83. The van der Waals surface area contributed by atoms with Gasteiger partial charge in [0, 0.05) is 5.69 Å². The SMILES string of the molecule is Cc1ccc(NC(=O)Cn2cc(C(=O)O)nn2)c(C)n1. The van der Waals surface area contributed by atoms with Crippen LogP contribution >= 0.6 is 0 Å². The molecule has 0 spiro atoms. The maximum Gasteiger partial charge on any atom is 0.358 e. The molecule has 0 aromatic carbocycles. The molecular formula is C12H13N5O3. The summed E-state index contributed by atoms with van der Waals surface area (Å²) in [5.74, 6) is -1.52. The Labute approximate surface area is 114 Å². The van der Waals surface area contributed by atoms with Gasteiger partial charge in [-0.1, -0.05) is 5.21 Å². The number of nitrogens with zero attached hydrogens (tertiary/aromatic N) is 4. The average Bonchev–Trinajstić information content (AvgIpc) is 2.81. The van der Waals surface area contributed by atoms with E-state index in [1.165, 1.54) is 6.20 Å². The van der Waals surface area contributed by atoms with Crippen molar-refractivity contribution in [1.82, 2.24) is 20.0 Å². The molecule has 0 aliphatic carbocycles. The number of carboxylic acid groups (broad SMARTS) is 1. The number of carboxylic acids is 1. The summed E-state index contributed by atoms with van der Waals surface area (Å²) < 4.78 is 1.16. The molecule has 2 aromatic heterocycles. The second kappa shape index (κ2) is 5.47. The van der Waals surface area contributed by atoms with E-state index in [-0.39, 0.29) is 18.1 Å². The molecule has 104 valence electrons. The van der Waals surface area contributed by atoms with E-state index in [0.29, 0.717) is 11.4 Å². The molecule has 0 saturated heterocycles. The Hall–Kier alpha value is -2.77. The first-order valence-corrected chi connectivity index (χ1v) is 5.83. The van der Waals surface area contributed by atoms with Crippen LogP contribution in [0.2, 0.25) is 0 Å². The van der Waals surface area contributed by atoms with Crippen molar-refractivity contribution < 1.29 is 14.7 Å². The van der Waals surface area contributed by atoms with E-state index in [0.717, 1.165) is 10.4 Å². The summed E-state index contributed by atoms with van der Waals surface area (Å²) in [6.07, 6.45) is 1.20. The summed E-state index contributed by atoms with van der Waals surface area (Å²) in [5, 5.41) is 18.4. The van der Waals surface area contributed by atoms with Gasteiger partial charge in [-0.3, -0.25) is 9.78 Å². The normalized spacial score (nSPS) is 10.3. The first-order chi connectivity index (χ1) is 9.45. The fraction of sp³-hybridized carbons (Fsp3) is 0.250. The van der Waals surface area contributed by atoms with Crippen molar-refractivity contribution >= 4 is 17.6 Å². The minimum Gasteiger partial charge on any atom is -0.476 e. The minimum absolute atomic E-state index is 0.117. The number of hydrogen-bond donors (Lipinski definition) is 2. The van der Waals surface area contributed by atoms with Crippen LogP contribution in [0.4, 0.5) is 5.69 Å². The van der Waals surface area contributed by atoms with Crippen molar-refractivity contribution in [2.75, 3.05) is 5.32 Å². The third-order valence-corrected chi connectivity index (χ3v) is 2.56. The van der Waals surface area contributed by atoms with Crippen molar-refractivity contribution in [1.29, 1.82) is 0 Å². The van der Waals surface area contributed by atoms with Crippen LogP contribution in [-0.4, -0.2) is 37.0 Å². The zero-order chi connectivity index (χ0) is 14.7. The van der Waals surface area contributed by atoms with Gasteiger partial charge < -0.3 is 10.4 Å². The van der Waals surface area contributed by atoms with E-state index < -0.39 is 5.97 Å². The van der Waals surface area contributed by atoms with Crippen LogP contribution in [-0.2, 0) is 11.3 Å². The lowest BCUT2D eigenvalue weighted by Gasteiger charge is -2.08. The Kier molecular flexibility index (Phi) is 3.74. The molecule has 2 N–H and O–H groups in total. The van der Waals surface area contributed by atoms with Crippen LogP contribution in [0.1, 0.15) is 21.9 Å². The monoisotopic (exact) mass is 275 g/mol. The summed E-state index contributed by atoms with van der Waals surface area (Å²) in [7, 11) is 0. The fourth-order valence-electron chi connectivity index (χ4n) is 1.63. The summed E-state index contributed by atoms with van der Waals surface area (Å²) in [6, 6.07) is 3.56. The number of anilines is 1. The van der Waals surface area contributed by atoms with Crippen LogP contribution in [0.3, 0.4) is 0 Å². The van der Waals surface area contributed by atoms with E-state index in [4.69, 9.17) is 5.11 Å². The number of nitrogens with one attached hydrogen (secondary N) is 1. The van der Waals surface area contributed by atoms with Gasteiger partial charge in [0.1, 0.15) is 6.54 Å². The molecule has 2 aromatic rings. The van der Waals surface area contributed by atoms with Crippen LogP contribution in [0.25, 0.3) is 0 Å². The van der Waals surface area contributed by atoms with Crippen molar-refractivity contribution in [2.45, 2.75) is 20.4 Å². The lowest BCUT2D eigenvalue weighted by Crippen LogP contribution is -2.20. The Balaban J connectivity index is 2.03. The third kappa shape index (κ3) is 3.16. The fourth-order valence-corrected chi connectivity index (χ4v) is 1.63. The predicted molar refractivity (Wildman–Crippen MR) is 69.3 cm³/mol. The number of carbonyl (C=O) groups excluding carboxylic acids is 1. The standard InChI is InChI=1S/C12H13N5O3/c1-7-3-4-9(8(2)13-7)14-11(18)6-17-5-10(12(19)20)15-16-17/h3-5H,6H2,1-2H3,(H,14,18)(H,19,20). The van der Waals surface area contributed by atoms with E-state index >= 15 is 0 Å². The van der Waals surface area contributed by atoms with Gasteiger partial charge >= 0.3 is 5.97 Å². The molecule has 0 bridgehead atoms. The Bertz CT molecular complexity index is 665. The number of aromatic carboxylic acids is 1. The van der Waals surface area contributed by atoms with Crippen LogP contribution in [0.5, 0.6) is 0 Å². The van der Waals surface area contributed by atoms with Crippen molar-refractivity contribution in [3.63, 3.8) is 0 Å². The van der Waals surface area contributed by atoms with Crippen LogP contribution in [0.15, 0.2) is 18.3 Å². The Morgan fingerprint density at radius 1 is 1.35 bits per heavy atom. The van der Waals surface area contributed by atoms with Gasteiger partial charge in [-0.25, -0.2) is 9.48 Å². The zero-order valence-electron chi connectivity index (χ0n) is 11.0. The zero-order valence-corrected chi connectivity index (χ0v) is 11.0. The highest BCUT2D eigenvalue weighted by Crippen LogP contribution is 2.12. The molecule has 8 nitrogen and oxygen atoms in total. The highest BCUT2D eigenvalue weighted by molar-refractivity contribution is 5.91. The molecule has 1 amide bonds. The van der Waals surface area contributed by atoms with Gasteiger partial charge in [-0.15, -0.1) is 5.10 Å². The molecule has 2 rings (SSSR count). The number of aromatic nitrogens is 4. The maximum atomic E-state index is 11.8. The minimum atomic E-state index is -1.18. The van der Waals surface area contributed by atoms with Gasteiger partial charge in [0.15, 0.2) is 5.69 Å². The molecule has 0 aliphatic heterocycles. The van der Waals surface area contributed by atoms with Crippen LogP contribution in [0, 0.1) is 13.8 Å². The molecule has 20 heavy (non-hydrogen) atoms. The number of amides is 1. The lowest BCUT2D eigenvalue weighted by atomic mass is 10.2. The maximum absolute atomic E-state index is 11.8. The van der Waals surface area contributed by atoms with Crippen LogP contribution < -0.4 is 5.32 Å². The summed E-state index contributed by atoms with van der Waals surface area (Å²) >= 11 is 0. The Morgan fingerprint density at radius 2 is 2.10 bits per heavy atom. The van der Waals surface area contributed by atoms with E-state index in [1.807, 2.05) is 6.92 Å². The van der Waals surface area contributed by atoms with Gasteiger partial charge in [0.05, 0.1) is 17.6 Å². The van der Waals surface area contributed by atoms with Crippen molar-refractivity contribution in [3.8, 4) is 0 Å². The summed E-state index contributed by atoms with van der Waals surface area (Å²) in [4.78, 5) is 26.7. The van der Waals surface area contributed by atoms with Gasteiger partial charge in [0.25, 0.3) is 0 Å². The second-order valence-electron chi connectivity index (χ2n) is 4.24. The number of carbonyl (C=O) groups is 2. The van der Waals surface area contributed by atoms with E-state index in [9.17, 15) is 9.59 Å². The highest BCUT2D eigenvalue weighted by atomic mass is 16.4. The van der Waals surface area contributed by atoms with Gasteiger partial charge in [0.2, 0.25) is 5.91 Å². The molecule has 2 heterocycles. The third-order valence-electron chi connectivity index (χ3n) is 2.56. The first kappa shape index (κ1) is 13.7.